The second-order valence-electron chi connectivity index (χ2n) is 15.2. The van der Waals surface area contributed by atoms with E-state index in [4.69, 9.17) is 4.74 Å². The first-order chi connectivity index (χ1) is 20.3. The van der Waals surface area contributed by atoms with Crippen LogP contribution in [0.4, 0.5) is 0 Å². The van der Waals surface area contributed by atoms with Gasteiger partial charge in [-0.3, -0.25) is 14.4 Å². The van der Waals surface area contributed by atoms with E-state index in [0.717, 1.165) is 5.57 Å². The average Bonchev–Trinajstić information content (AvgIpc) is 2.91. The number of carbonyl (C=O) groups excluding carboxylic acids is 3. The molecule has 1 saturated heterocycles. The van der Waals surface area contributed by atoms with Crippen LogP contribution in [0.1, 0.15) is 105 Å². The predicted molar refractivity (Wildman–Crippen MR) is 173 cm³/mol. The quantitative estimate of drug-likeness (QED) is 0.102. The first-order valence-corrected chi connectivity index (χ1v) is 15.9. The first kappa shape index (κ1) is 33.5. The highest BCUT2D eigenvalue weighted by Gasteiger charge is 2.74. The highest BCUT2D eigenvalue weighted by atomic mass is 16.5. The number of hydrogen-bond acceptors (Lipinski definition) is 6. The number of phenols is 2. The number of hydrogen-bond donors (Lipinski definition) is 2. The van der Waals surface area contributed by atoms with Gasteiger partial charge in [0.25, 0.3) is 0 Å². The zero-order chi connectivity index (χ0) is 33.0. The van der Waals surface area contributed by atoms with Crippen molar-refractivity contribution in [3.05, 3.63) is 70.5 Å². The van der Waals surface area contributed by atoms with Crippen molar-refractivity contribution in [2.24, 2.45) is 34.0 Å². The highest BCUT2D eigenvalue weighted by Crippen LogP contribution is 2.69. The topological polar surface area (TPSA) is 101 Å². The van der Waals surface area contributed by atoms with Crippen molar-refractivity contribution in [1.82, 2.24) is 0 Å². The molecule has 1 aromatic rings. The van der Waals surface area contributed by atoms with Gasteiger partial charge in [-0.15, -0.1) is 0 Å². The summed E-state index contributed by atoms with van der Waals surface area (Å²) in [6.45, 7) is 20.1. The Labute approximate surface area is 263 Å². The maximum Gasteiger partial charge on any atom is 0.200 e. The van der Waals surface area contributed by atoms with Crippen LogP contribution in [0.2, 0.25) is 0 Å². The second kappa shape index (κ2) is 11.5. The fraction of sp³-hybridized carbons (Fsp3) is 0.553. The van der Waals surface area contributed by atoms with E-state index in [-0.39, 0.29) is 52.6 Å². The van der Waals surface area contributed by atoms with Crippen LogP contribution in [0.5, 0.6) is 11.5 Å². The van der Waals surface area contributed by atoms with E-state index < -0.39 is 39.2 Å². The van der Waals surface area contributed by atoms with Gasteiger partial charge in [0.1, 0.15) is 22.3 Å². The van der Waals surface area contributed by atoms with Crippen LogP contribution >= 0.6 is 0 Å². The maximum atomic E-state index is 15.3. The van der Waals surface area contributed by atoms with Crippen LogP contribution in [0.3, 0.4) is 0 Å². The average molecular weight is 603 g/mol. The molecular formula is C38H50O6. The molecule has 2 bridgehead atoms. The molecule has 2 aliphatic carbocycles. The number of aromatic hydroxyl groups is 2. The third kappa shape index (κ3) is 5.28. The Morgan fingerprint density at radius 3 is 2.18 bits per heavy atom. The van der Waals surface area contributed by atoms with E-state index in [2.05, 4.69) is 45.9 Å². The molecule has 3 aliphatic rings. The van der Waals surface area contributed by atoms with Gasteiger partial charge in [-0.1, -0.05) is 63.1 Å². The number of Topliss-reactive ketones (excluding diaryl/α,β-unsaturated/α-hetero) is 3. The molecule has 0 aromatic heterocycles. The summed E-state index contributed by atoms with van der Waals surface area (Å²) in [6.07, 6.45) is 10.2. The zero-order valence-corrected chi connectivity index (χ0v) is 28.1. The lowest BCUT2D eigenvalue weighted by atomic mass is 9.39. The third-order valence-electron chi connectivity index (χ3n) is 10.5. The Morgan fingerprint density at radius 1 is 0.977 bits per heavy atom. The molecular weight excluding hydrogens is 552 g/mol. The van der Waals surface area contributed by atoms with Crippen LogP contribution in [0.25, 0.3) is 0 Å². The van der Waals surface area contributed by atoms with Crippen molar-refractivity contribution in [2.45, 2.75) is 101 Å². The molecule has 1 spiro atoms. The molecule has 0 radical (unpaired) electrons. The Balaban J connectivity index is 2.10. The number of rotatable bonds is 8. The van der Waals surface area contributed by atoms with Gasteiger partial charge in [-0.2, -0.15) is 0 Å². The van der Waals surface area contributed by atoms with Crippen molar-refractivity contribution in [2.75, 3.05) is 0 Å². The van der Waals surface area contributed by atoms with Gasteiger partial charge in [0, 0.05) is 11.5 Å². The number of allylic oxidation sites excluding steroid dienone is 8. The highest BCUT2D eigenvalue weighted by molar-refractivity contribution is 6.35. The number of carbonyl (C=O) groups is 3. The normalized spacial score (nSPS) is 28.9. The van der Waals surface area contributed by atoms with Gasteiger partial charge in [0.15, 0.2) is 28.8 Å². The van der Waals surface area contributed by atoms with Crippen LogP contribution in [-0.4, -0.2) is 33.2 Å². The van der Waals surface area contributed by atoms with E-state index in [1.165, 1.54) is 23.8 Å². The van der Waals surface area contributed by atoms with Gasteiger partial charge >= 0.3 is 0 Å². The lowest BCUT2D eigenvalue weighted by molar-refractivity contribution is -0.185. The summed E-state index contributed by atoms with van der Waals surface area (Å²) in [4.78, 5) is 44.9. The van der Waals surface area contributed by atoms with Crippen molar-refractivity contribution in [1.29, 1.82) is 0 Å². The summed E-state index contributed by atoms with van der Waals surface area (Å²) in [6, 6.07) is 3.80. The molecule has 6 nitrogen and oxygen atoms in total. The van der Waals surface area contributed by atoms with E-state index in [1.807, 2.05) is 47.6 Å². The fourth-order valence-electron chi connectivity index (χ4n) is 7.55. The van der Waals surface area contributed by atoms with Gasteiger partial charge in [0.05, 0.1) is 5.41 Å². The predicted octanol–water partition coefficient (Wildman–Crippen LogP) is 8.45. The Bertz CT molecular complexity index is 1490. The minimum Gasteiger partial charge on any atom is -0.504 e. The number of fused-ring (bicyclic) bond motifs is 1. The van der Waals surface area contributed by atoms with Gasteiger partial charge < -0.3 is 14.9 Å². The van der Waals surface area contributed by atoms with Gasteiger partial charge in [-0.05, 0) is 103 Å². The van der Waals surface area contributed by atoms with Crippen LogP contribution < -0.4 is 0 Å². The Morgan fingerprint density at radius 2 is 1.61 bits per heavy atom. The minimum atomic E-state index is -1.51. The van der Waals surface area contributed by atoms with Crippen LogP contribution in [-0.2, 0) is 14.3 Å². The summed E-state index contributed by atoms with van der Waals surface area (Å²) in [5.74, 6) is -1.80. The van der Waals surface area contributed by atoms with Gasteiger partial charge in [0.2, 0.25) is 0 Å². The molecule has 44 heavy (non-hydrogen) atoms. The summed E-state index contributed by atoms with van der Waals surface area (Å²) in [5.41, 5.74) is -2.15. The molecule has 238 valence electrons. The number of ether oxygens (including phenoxy) is 1. The molecule has 1 saturated carbocycles. The molecule has 0 amide bonds. The van der Waals surface area contributed by atoms with Crippen molar-refractivity contribution in [3.8, 4) is 11.5 Å². The first-order valence-electron chi connectivity index (χ1n) is 15.9. The van der Waals surface area contributed by atoms with E-state index in [0.29, 0.717) is 19.3 Å². The zero-order valence-electron chi connectivity index (χ0n) is 28.1. The summed E-state index contributed by atoms with van der Waals surface area (Å²) >= 11 is 0. The molecule has 2 N–H and O–H groups in total. The number of benzene rings is 1. The molecule has 1 aromatic carbocycles. The second-order valence-corrected chi connectivity index (χ2v) is 15.2. The smallest absolute Gasteiger partial charge is 0.200 e. The summed E-state index contributed by atoms with van der Waals surface area (Å²) in [5, 5.41) is 20.2. The molecule has 2 fully saturated rings. The van der Waals surface area contributed by atoms with Crippen LogP contribution in [0.15, 0.2) is 65.0 Å². The monoisotopic (exact) mass is 602 g/mol. The fourth-order valence-corrected chi connectivity index (χ4v) is 7.55. The Kier molecular flexibility index (Phi) is 8.75. The number of ketones is 3. The molecule has 4 rings (SSSR count). The van der Waals surface area contributed by atoms with Crippen molar-refractivity contribution in [3.63, 3.8) is 0 Å². The molecule has 6 heteroatoms. The molecule has 0 unspecified atom stereocenters. The maximum absolute atomic E-state index is 15.3. The molecule has 1 aliphatic heterocycles. The standard InChI is InChI=1S/C38H50O6/c1-22(2)11-14-26-20-37-21-27(15-12-23(3)4)36(9,10)44-33(37)30(31(41)25-13-16-28(39)29(40)19-25)32(42)38(34(37)43,35(26,7)8)18-17-24(5)6/h11-14,16-17,19,22,26-27,39-40H,15,18,20-21H2,1-10H3/b14-11+/t26-,27+,37-,38-/m0/s1. The molecule has 4 atom stereocenters. The lowest BCUT2D eigenvalue weighted by Gasteiger charge is -2.63. The van der Waals surface area contributed by atoms with E-state index in [9.17, 15) is 15.0 Å². The van der Waals surface area contributed by atoms with Gasteiger partial charge in [-0.25, -0.2) is 0 Å². The SMILES string of the molecule is CC(C)=CC[C@@H]1C[C@@]23C[C@H](/C=C/C(C)C)C(C)(C)[C@@](CC=C(C)C)(C(=O)C(C(=O)c4ccc(O)c(O)c4)=C2OC1(C)C)C3=O. The van der Waals surface area contributed by atoms with Crippen molar-refractivity contribution < 1.29 is 29.3 Å². The van der Waals surface area contributed by atoms with Crippen LogP contribution in [0, 0.1) is 34.0 Å². The largest absolute Gasteiger partial charge is 0.504 e. The lowest BCUT2D eigenvalue weighted by Crippen LogP contribution is -2.69. The summed E-state index contributed by atoms with van der Waals surface area (Å²) in [7, 11) is 0. The molecule has 1 heterocycles. The minimum absolute atomic E-state index is 0.0375. The van der Waals surface area contributed by atoms with E-state index in [1.54, 1.807) is 0 Å². The van der Waals surface area contributed by atoms with E-state index >= 15 is 9.59 Å². The number of phenolic OH excluding ortho intramolecular Hbond substituents is 2. The Hall–Kier alpha value is -3.41. The summed E-state index contributed by atoms with van der Waals surface area (Å²) < 4.78 is 6.80. The van der Waals surface area contributed by atoms with Crippen molar-refractivity contribution >= 4 is 17.3 Å². The third-order valence-corrected chi connectivity index (χ3v) is 10.5.